The Bertz CT molecular complexity index is 477. The molecule has 1 aromatic rings. The molecule has 0 bridgehead atoms. The second-order valence-corrected chi connectivity index (χ2v) is 6.43. The molecule has 0 saturated heterocycles. The minimum atomic E-state index is -0.0921. The van der Waals surface area contributed by atoms with Gasteiger partial charge in [0.15, 0.2) is 0 Å². The van der Waals surface area contributed by atoms with Gasteiger partial charge in [0, 0.05) is 18.5 Å². The van der Waals surface area contributed by atoms with Crippen molar-refractivity contribution in [2.45, 2.75) is 72.6 Å². The molecule has 2 rings (SSSR count). The molecule has 1 saturated carbocycles. The first-order chi connectivity index (χ1) is 10.4. The summed E-state index contributed by atoms with van der Waals surface area (Å²) in [5, 5.41) is 2.76. The van der Waals surface area contributed by atoms with Crippen LogP contribution in [0.15, 0.2) is 12.3 Å². The van der Waals surface area contributed by atoms with Crippen LogP contribution in [-0.2, 0) is 10.2 Å². The highest BCUT2D eigenvalue weighted by Gasteiger charge is 2.40. The summed E-state index contributed by atoms with van der Waals surface area (Å²) in [4.78, 5) is 20.3. The van der Waals surface area contributed by atoms with Crippen molar-refractivity contribution < 1.29 is 4.79 Å². The number of carbonyl (C=O) groups excluding carboxylic acids is 1. The first-order valence-electron chi connectivity index (χ1n) is 8.56. The largest absolute Gasteiger partial charge is 0.311 e. The maximum Gasteiger partial charge on any atom is 0.222 e. The van der Waals surface area contributed by atoms with E-state index >= 15 is 0 Å². The highest BCUT2D eigenvalue weighted by Crippen LogP contribution is 2.45. The molecule has 1 fully saturated rings. The summed E-state index contributed by atoms with van der Waals surface area (Å²) in [6.07, 6.45) is 6.36. The van der Waals surface area contributed by atoms with E-state index in [4.69, 9.17) is 0 Å². The van der Waals surface area contributed by atoms with Crippen molar-refractivity contribution in [3.05, 3.63) is 18.1 Å². The molecule has 1 aliphatic carbocycles. The monoisotopic (exact) mass is 305 g/mol. The van der Waals surface area contributed by atoms with Crippen LogP contribution < -0.4 is 5.32 Å². The number of carbonyl (C=O) groups is 1. The number of hydrogen-bond donors (Lipinski definition) is 1. The normalized spacial score (nSPS) is 27.5. The van der Waals surface area contributed by atoms with Crippen molar-refractivity contribution in [3.63, 3.8) is 0 Å². The van der Waals surface area contributed by atoms with E-state index in [1.807, 2.05) is 13.8 Å². The van der Waals surface area contributed by atoms with Crippen molar-refractivity contribution in [2.75, 3.05) is 5.32 Å². The van der Waals surface area contributed by atoms with Crippen molar-refractivity contribution >= 4 is 11.7 Å². The smallest absolute Gasteiger partial charge is 0.222 e. The van der Waals surface area contributed by atoms with Gasteiger partial charge in [-0.2, -0.15) is 0 Å². The van der Waals surface area contributed by atoms with E-state index in [9.17, 15) is 4.79 Å². The Morgan fingerprint density at radius 3 is 2.41 bits per heavy atom. The Kier molecular flexibility index (Phi) is 6.98. The number of hydrogen-bond acceptors (Lipinski definition) is 3. The molecule has 124 valence electrons. The quantitative estimate of drug-likeness (QED) is 0.890. The van der Waals surface area contributed by atoms with Crippen molar-refractivity contribution in [1.82, 2.24) is 9.97 Å². The molecular weight excluding hydrogens is 274 g/mol. The van der Waals surface area contributed by atoms with Crippen LogP contribution >= 0.6 is 0 Å². The fourth-order valence-corrected chi connectivity index (χ4v) is 3.76. The van der Waals surface area contributed by atoms with E-state index in [-0.39, 0.29) is 11.3 Å². The summed E-state index contributed by atoms with van der Waals surface area (Å²) in [7, 11) is 0. The molecule has 0 aliphatic heterocycles. The lowest BCUT2D eigenvalue weighted by Crippen LogP contribution is -2.37. The van der Waals surface area contributed by atoms with Crippen LogP contribution in [0, 0.1) is 11.8 Å². The van der Waals surface area contributed by atoms with E-state index < -0.39 is 0 Å². The fourth-order valence-electron chi connectivity index (χ4n) is 3.76. The summed E-state index contributed by atoms with van der Waals surface area (Å²) < 4.78 is 0. The number of nitrogens with zero attached hydrogens (tertiary/aromatic N) is 2. The average Bonchev–Trinajstić information content (AvgIpc) is 2.48. The third kappa shape index (κ3) is 4.52. The van der Waals surface area contributed by atoms with E-state index in [0.29, 0.717) is 17.7 Å². The summed E-state index contributed by atoms with van der Waals surface area (Å²) in [6, 6.07) is 1.75. The van der Waals surface area contributed by atoms with Gasteiger partial charge < -0.3 is 5.32 Å². The second kappa shape index (κ2) is 8.25. The minimum absolute atomic E-state index is 0.0611. The standard InChI is InChI=1S/C16H25N3O.C2H6/c1-5-16(9-11(2)8-12(3)10-16)15-17-7-6-14(19-15)18-13(4)20;1-2/h6-7,11-12H,5,8-10H2,1-4H3,(H,17,18,19,20);1-2H3. The van der Waals surface area contributed by atoms with Crippen LogP contribution in [0.3, 0.4) is 0 Å². The Labute approximate surface area is 135 Å². The second-order valence-electron chi connectivity index (χ2n) is 6.43. The molecule has 1 aromatic heterocycles. The van der Waals surface area contributed by atoms with Gasteiger partial charge in [0.1, 0.15) is 11.6 Å². The Morgan fingerprint density at radius 2 is 1.91 bits per heavy atom. The van der Waals surface area contributed by atoms with Gasteiger partial charge in [0.25, 0.3) is 0 Å². The summed E-state index contributed by atoms with van der Waals surface area (Å²) in [5.41, 5.74) is 0.0611. The molecule has 2 atom stereocenters. The SMILES string of the molecule is CC.CCC1(c2nccc(NC(C)=O)n2)CC(C)CC(C)C1. The van der Waals surface area contributed by atoms with Crippen LogP contribution in [0.2, 0.25) is 0 Å². The van der Waals surface area contributed by atoms with E-state index in [1.165, 1.54) is 13.3 Å². The average molecular weight is 305 g/mol. The third-order valence-corrected chi connectivity index (χ3v) is 4.39. The lowest BCUT2D eigenvalue weighted by Gasteiger charge is -2.41. The van der Waals surface area contributed by atoms with Crippen LogP contribution in [0.5, 0.6) is 0 Å². The molecular formula is C18H31N3O. The summed E-state index contributed by atoms with van der Waals surface area (Å²) in [5.74, 6) is 2.81. The van der Waals surface area contributed by atoms with E-state index in [2.05, 4.69) is 36.1 Å². The molecule has 4 heteroatoms. The summed E-state index contributed by atoms with van der Waals surface area (Å²) in [6.45, 7) is 12.4. The van der Waals surface area contributed by atoms with Gasteiger partial charge in [-0.05, 0) is 43.6 Å². The fraction of sp³-hybridized carbons (Fsp3) is 0.722. The number of rotatable bonds is 3. The third-order valence-electron chi connectivity index (χ3n) is 4.39. The van der Waals surface area contributed by atoms with Gasteiger partial charge in [0.05, 0.1) is 0 Å². The minimum Gasteiger partial charge on any atom is -0.311 e. The predicted octanol–water partition coefficient (Wildman–Crippen LogP) is 4.57. The molecule has 1 amide bonds. The zero-order valence-corrected chi connectivity index (χ0v) is 14.9. The Balaban J connectivity index is 0.00000116. The van der Waals surface area contributed by atoms with E-state index in [1.54, 1.807) is 12.3 Å². The van der Waals surface area contributed by atoms with Gasteiger partial charge in [0.2, 0.25) is 5.91 Å². The highest BCUT2D eigenvalue weighted by molar-refractivity contribution is 5.87. The molecule has 4 nitrogen and oxygen atoms in total. The first kappa shape index (κ1) is 18.6. The summed E-state index contributed by atoms with van der Waals surface area (Å²) >= 11 is 0. The van der Waals surface area contributed by atoms with Crippen LogP contribution in [0.1, 0.15) is 73.1 Å². The molecule has 1 N–H and O–H groups in total. The molecule has 2 unspecified atom stereocenters. The lowest BCUT2D eigenvalue weighted by molar-refractivity contribution is -0.114. The highest BCUT2D eigenvalue weighted by atomic mass is 16.1. The van der Waals surface area contributed by atoms with Crippen LogP contribution in [0.4, 0.5) is 5.82 Å². The number of amides is 1. The molecule has 0 spiro atoms. The lowest BCUT2D eigenvalue weighted by atomic mass is 9.64. The zero-order valence-electron chi connectivity index (χ0n) is 14.9. The molecule has 0 radical (unpaired) electrons. The molecule has 1 aliphatic rings. The predicted molar refractivity (Wildman–Crippen MR) is 91.8 cm³/mol. The van der Waals surface area contributed by atoms with Gasteiger partial charge in [-0.25, -0.2) is 9.97 Å². The number of nitrogens with one attached hydrogen (secondary N) is 1. The Hall–Kier alpha value is -1.45. The topological polar surface area (TPSA) is 54.9 Å². The van der Waals surface area contributed by atoms with Gasteiger partial charge in [-0.3, -0.25) is 4.79 Å². The van der Waals surface area contributed by atoms with Crippen LogP contribution in [-0.4, -0.2) is 15.9 Å². The first-order valence-corrected chi connectivity index (χ1v) is 8.56. The van der Waals surface area contributed by atoms with Crippen molar-refractivity contribution in [3.8, 4) is 0 Å². The van der Waals surface area contributed by atoms with Gasteiger partial charge >= 0.3 is 0 Å². The maximum atomic E-state index is 11.2. The molecule has 0 aromatic carbocycles. The zero-order chi connectivity index (χ0) is 16.8. The van der Waals surface area contributed by atoms with Crippen LogP contribution in [0.25, 0.3) is 0 Å². The maximum absolute atomic E-state index is 11.2. The molecule has 1 heterocycles. The Morgan fingerprint density at radius 1 is 1.32 bits per heavy atom. The molecule has 22 heavy (non-hydrogen) atoms. The number of aromatic nitrogens is 2. The van der Waals surface area contributed by atoms with Crippen molar-refractivity contribution in [1.29, 1.82) is 0 Å². The number of anilines is 1. The van der Waals surface area contributed by atoms with Gasteiger partial charge in [-0.15, -0.1) is 0 Å². The van der Waals surface area contributed by atoms with E-state index in [0.717, 1.165) is 25.1 Å². The van der Waals surface area contributed by atoms with Gasteiger partial charge in [-0.1, -0.05) is 34.6 Å². The van der Waals surface area contributed by atoms with Crippen molar-refractivity contribution in [2.24, 2.45) is 11.8 Å².